The van der Waals surface area contributed by atoms with Gasteiger partial charge < -0.3 is 5.32 Å². The summed E-state index contributed by atoms with van der Waals surface area (Å²) in [5, 5.41) is 7.45. The van der Waals surface area contributed by atoms with Gasteiger partial charge in [-0.25, -0.2) is 9.07 Å². The van der Waals surface area contributed by atoms with Crippen molar-refractivity contribution in [2.75, 3.05) is 6.54 Å². The second-order valence-corrected chi connectivity index (χ2v) is 3.55. The molecular weight excluding hydrogens is 205 g/mol. The van der Waals surface area contributed by atoms with Gasteiger partial charge in [-0.05, 0) is 30.8 Å². The van der Waals surface area contributed by atoms with Gasteiger partial charge in [-0.3, -0.25) is 0 Å². The first kappa shape index (κ1) is 10.8. The van der Waals surface area contributed by atoms with E-state index in [1.54, 1.807) is 16.8 Å². The molecule has 0 atom stereocenters. The number of hydrogen-bond donors (Lipinski definition) is 1. The molecule has 1 aromatic carbocycles. The van der Waals surface area contributed by atoms with Gasteiger partial charge >= 0.3 is 0 Å². The summed E-state index contributed by atoms with van der Waals surface area (Å²) in [5.74, 6) is -0.233. The second-order valence-electron chi connectivity index (χ2n) is 3.55. The number of aromatic nitrogens is 2. The molecule has 1 N–H and O–H groups in total. The summed E-state index contributed by atoms with van der Waals surface area (Å²) in [7, 11) is 0. The highest BCUT2D eigenvalue weighted by molar-refractivity contribution is 5.31. The molecule has 4 heteroatoms. The van der Waals surface area contributed by atoms with Crippen molar-refractivity contribution < 1.29 is 4.39 Å². The Balaban J connectivity index is 2.15. The molecule has 1 aromatic heterocycles. The van der Waals surface area contributed by atoms with Crippen LogP contribution in [-0.2, 0) is 6.54 Å². The Morgan fingerprint density at radius 3 is 2.75 bits per heavy atom. The van der Waals surface area contributed by atoms with Crippen molar-refractivity contribution in [3.05, 3.63) is 48.0 Å². The Labute approximate surface area is 93.9 Å². The van der Waals surface area contributed by atoms with Crippen LogP contribution in [0.15, 0.2) is 36.7 Å². The van der Waals surface area contributed by atoms with E-state index in [9.17, 15) is 4.39 Å². The highest BCUT2D eigenvalue weighted by atomic mass is 19.1. The standard InChI is InChI=1S/C12H14FN3/c1-2-14-7-10-8-15-16(9-10)12-5-3-11(13)4-6-12/h3-6,8-9,14H,2,7H2,1H3. The molecule has 2 aromatic rings. The number of benzene rings is 1. The van der Waals surface area contributed by atoms with E-state index in [4.69, 9.17) is 0 Å². The SMILES string of the molecule is CCNCc1cnn(-c2ccc(F)cc2)c1. The summed E-state index contributed by atoms with van der Waals surface area (Å²) < 4.78 is 14.5. The minimum atomic E-state index is -0.233. The second kappa shape index (κ2) is 4.90. The summed E-state index contributed by atoms with van der Waals surface area (Å²) >= 11 is 0. The lowest BCUT2D eigenvalue weighted by Crippen LogP contribution is -2.10. The van der Waals surface area contributed by atoms with Crippen LogP contribution >= 0.6 is 0 Å². The molecule has 2 rings (SSSR count). The van der Waals surface area contributed by atoms with Crippen molar-refractivity contribution in [1.82, 2.24) is 15.1 Å². The summed E-state index contributed by atoms with van der Waals surface area (Å²) in [4.78, 5) is 0. The largest absolute Gasteiger partial charge is 0.313 e. The third kappa shape index (κ3) is 2.46. The maximum atomic E-state index is 12.7. The van der Waals surface area contributed by atoms with Crippen molar-refractivity contribution in [3.63, 3.8) is 0 Å². The van der Waals surface area contributed by atoms with Gasteiger partial charge in [0.2, 0.25) is 0 Å². The zero-order chi connectivity index (χ0) is 11.4. The average molecular weight is 219 g/mol. The van der Waals surface area contributed by atoms with Crippen LogP contribution in [0.2, 0.25) is 0 Å². The average Bonchev–Trinajstić information content (AvgIpc) is 2.76. The van der Waals surface area contributed by atoms with Gasteiger partial charge in [-0.15, -0.1) is 0 Å². The molecule has 0 aliphatic rings. The van der Waals surface area contributed by atoms with Crippen molar-refractivity contribution in [2.24, 2.45) is 0 Å². The van der Waals surface area contributed by atoms with Crippen LogP contribution in [0.5, 0.6) is 0 Å². The molecule has 0 aliphatic heterocycles. The third-order valence-electron chi connectivity index (χ3n) is 2.31. The summed E-state index contributed by atoms with van der Waals surface area (Å²) in [6, 6.07) is 6.28. The van der Waals surface area contributed by atoms with Crippen LogP contribution < -0.4 is 5.32 Å². The zero-order valence-electron chi connectivity index (χ0n) is 9.15. The minimum absolute atomic E-state index is 0.233. The monoisotopic (exact) mass is 219 g/mol. The summed E-state index contributed by atoms with van der Waals surface area (Å²) in [6.07, 6.45) is 3.75. The first-order valence-corrected chi connectivity index (χ1v) is 5.30. The van der Waals surface area contributed by atoms with E-state index in [-0.39, 0.29) is 5.82 Å². The quantitative estimate of drug-likeness (QED) is 0.853. The van der Waals surface area contributed by atoms with Crippen molar-refractivity contribution in [1.29, 1.82) is 0 Å². The molecule has 84 valence electrons. The Kier molecular flexibility index (Phi) is 3.31. The molecule has 0 saturated carbocycles. The van der Waals surface area contributed by atoms with Crippen molar-refractivity contribution >= 4 is 0 Å². The fraction of sp³-hybridized carbons (Fsp3) is 0.250. The van der Waals surface area contributed by atoms with Crippen LogP contribution in [0.25, 0.3) is 5.69 Å². The number of hydrogen-bond acceptors (Lipinski definition) is 2. The molecule has 0 unspecified atom stereocenters. The van der Waals surface area contributed by atoms with E-state index in [0.717, 1.165) is 24.3 Å². The molecule has 0 bridgehead atoms. The molecule has 16 heavy (non-hydrogen) atoms. The van der Waals surface area contributed by atoms with E-state index in [2.05, 4.69) is 17.3 Å². The molecule has 0 amide bonds. The van der Waals surface area contributed by atoms with E-state index in [1.807, 2.05) is 12.4 Å². The van der Waals surface area contributed by atoms with Gasteiger partial charge in [0.15, 0.2) is 0 Å². The minimum Gasteiger partial charge on any atom is -0.313 e. The first-order chi connectivity index (χ1) is 7.79. The van der Waals surface area contributed by atoms with Crippen LogP contribution in [0, 0.1) is 5.82 Å². The topological polar surface area (TPSA) is 29.9 Å². The smallest absolute Gasteiger partial charge is 0.123 e. The van der Waals surface area contributed by atoms with E-state index >= 15 is 0 Å². The van der Waals surface area contributed by atoms with Gasteiger partial charge in [0.25, 0.3) is 0 Å². The van der Waals surface area contributed by atoms with Gasteiger partial charge in [0, 0.05) is 18.3 Å². The fourth-order valence-corrected chi connectivity index (χ4v) is 1.46. The lowest BCUT2D eigenvalue weighted by atomic mass is 10.3. The van der Waals surface area contributed by atoms with Crippen LogP contribution in [-0.4, -0.2) is 16.3 Å². The van der Waals surface area contributed by atoms with Gasteiger partial charge in [-0.2, -0.15) is 5.10 Å². The van der Waals surface area contributed by atoms with Gasteiger partial charge in [0.1, 0.15) is 5.82 Å². The van der Waals surface area contributed by atoms with E-state index in [0.29, 0.717) is 0 Å². The van der Waals surface area contributed by atoms with Crippen molar-refractivity contribution in [2.45, 2.75) is 13.5 Å². The van der Waals surface area contributed by atoms with Crippen LogP contribution in [0.3, 0.4) is 0 Å². The Morgan fingerprint density at radius 2 is 2.06 bits per heavy atom. The molecule has 1 heterocycles. The normalized spacial score (nSPS) is 10.6. The van der Waals surface area contributed by atoms with Crippen LogP contribution in [0.1, 0.15) is 12.5 Å². The Hall–Kier alpha value is -1.68. The molecule has 0 aliphatic carbocycles. The van der Waals surface area contributed by atoms with Crippen molar-refractivity contribution in [3.8, 4) is 5.69 Å². The number of halogens is 1. The Bertz CT molecular complexity index is 448. The Morgan fingerprint density at radius 1 is 1.31 bits per heavy atom. The molecule has 0 saturated heterocycles. The molecule has 0 radical (unpaired) electrons. The van der Waals surface area contributed by atoms with E-state index < -0.39 is 0 Å². The molecule has 0 spiro atoms. The predicted octanol–water partition coefficient (Wildman–Crippen LogP) is 2.12. The summed E-state index contributed by atoms with van der Waals surface area (Å²) in [6.45, 7) is 3.80. The molecular formula is C12H14FN3. The third-order valence-corrected chi connectivity index (χ3v) is 2.31. The fourth-order valence-electron chi connectivity index (χ4n) is 1.46. The molecule has 0 fully saturated rings. The number of nitrogens with one attached hydrogen (secondary N) is 1. The van der Waals surface area contributed by atoms with Gasteiger partial charge in [0.05, 0.1) is 11.9 Å². The molecule has 3 nitrogen and oxygen atoms in total. The van der Waals surface area contributed by atoms with E-state index in [1.165, 1.54) is 12.1 Å². The lowest BCUT2D eigenvalue weighted by Gasteiger charge is -2.00. The lowest BCUT2D eigenvalue weighted by molar-refractivity contribution is 0.627. The van der Waals surface area contributed by atoms with Gasteiger partial charge in [-0.1, -0.05) is 6.92 Å². The number of rotatable bonds is 4. The first-order valence-electron chi connectivity index (χ1n) is 5.30. The predicted molar refractivity (Wildman–Crippen MR) is 60.9 cm³/mol. The highest BCUT2D eigenvalue weighted by Gasteiger charge is 2.00. The van der Waals surface area contributed by atoms with Crippen LogP contribution in [0.4, 0.5) is 4.39 Å². The number of nitrogens with zero attached hydrogens (tertiary/aromatic N) is 2. The highest BCUT2D eigenvalue weighted by Crippen LogP contribution is 2.09. The maximum Gasteiger partial charge on any atom is 0.123 e. The zero-order valence-corrected chi connectivity index (χ0v) is 9.15. The maximum absolute atomic E-state index is 12.7. The summed E-state index contributed by atoms with van der Waals surface area (Å²) in [5.41, 5.74) is 1.98.